The van der Waals surface area contributed by atoms with Gasteiger partial charge in [0.05, 0.1) is 21.3 Å². The zero-order valence-electron chi connectivity index (χ0n) is 23.2. The molecule has 0 bridgehead atoms. The highest BCUT2D eigenvalue weighted by molar-refractivity contribution is 6.50. The number of fused-ring (bicyclic) bond motifs is 1. The van der Waals surface area contributed by atoms with Crippen molar-refractivity contribution in [2.75, 3.05) is 38.0 Å². The zero-order valence-corrected chi connectivity index (χ0v) is 25.5. The summed E-state index contributed by atoms with van der Waals surface area (Å²) in [5.74, 6) is -1.50. The summed E-state index contributed by atoms with van der Waals surface area (Å²) in [6.07, 6.45) is 10.5. The van der Waals surface area contributed by atoms with E-state index in [1.807, 2.05) is 16.7 Å². The van der Waals surface area contributed by atoms with E-state index >= 15 is 0 Å². The number of aromatic nitrogens is 3. The number of ketones is 1. The summed E-state index contributed by atoms with van der Waals surface area (Å²) >= 11 is 18.2. The van der Waals surface area contributed by atoms with E-state index in [1.54, 1.807) is 24.5 Å². The molecule has 5 rings (SSSR count). The van der Waals surface area contributed by atoms with Crippen molar-refractivity contribution in [3.63, 3.8) is 0 Å². The molecule has 0 saturated carbocycles. The Kier molecular flexibility index (Phi) is 10.5. The predicted molar refractivity (Wildman–Crippen MR) is 169 cm³/mol. The third-order valence-electron chi connectivity index (χ3n) is 7.58. The maximum Gasteiger partial charge on any atom is 0.296 e. The Labute approximate surface area is 260 Å². The Hall–Kier alpha value is -3.01. The summed E-state index contributed by atoms with van der Waals surface area (Å²) < 4.78 is 1.96. The molecule has 0 aliphatic carbocycles. The fourth-order valence-corrected chi connectivity index (χ4v) is 5.87. The number of aryl methyl sites for hydroxylation is 1. The lowest BCUT2D eigenvalue weighted by Gasteiger charge is -2.34. The first-order chi connectivity index (χ1) is 20.4. The van der Waals surface area contributed by atoms with Gasteiger partial charge in [-0.25, -0.2) is 4.98 Å². The number of carbonyl (C=O) groups is 2. The first kappa shape index (κ1) is 30.4. The molecule has 220 valence electrons. The van der Waals surface area contributed by atoms with Gasteiger partial charge in [-0.1, -0.05) is 59.8 Å². The molecule has 0 atom stereocenters. The number of nitrogens with one attached hydrogen (secondary N) is 1. The van der Waals surface area contributed by atoms with Gasteiger partial charge in [-0.2, -0.15) is 0 Å². The maximum atomic E-state index is 13.1. The van der Waals surface area contributed by atoms with Gasteiger partial charge < -0.3 is 14.8 Å². The van der Waals surface area contributed by atoms with Gasteiger partial charge >= 0.3 is 0 Å². The lowest BCUT2D eigenvalue weighted by atomic mass is 10.1. The topological polar surface area (TPSA) is 83.4 Å². The van der Waals surface area contributed by atoms with Crippen molar-refractivity contribution in [3.8, 4) is 0 Å². The number of hydrogen-bond acceptors (Lipinski definition) is 6. The van der Waals surface area contributed by atoms with E-state index in [0.29, 0.717) is 23.1 Å². The van der Waals surface area contributed by atoms with Crippen molar-refractivity contribution < 1.29 is 9.59 Å². The number of rotatable bonds is 12. The summed E-state index contributed by atoms with van der Waals surface area (Å²) in [6, 6.07) is 11.7. The van der Waals surface area contributed by atoms with Gasteiger partial charge in [-0.15, -0.1) is 0 Å². The van der Waals surface area contributed by atoms with Crippen LogP contribution in [0.4, 0.5) is 5.69 Å². The molecule has 1 N–H and O–H groups in total. The summed E-state index contributed by atoms with van der Waals surface area (Å²) in [5.41, 5.74) is 2.45. The van der Waals surface area contributed by atoms with Crippen LogP contribution in [-0.4, -0.2) is 68.7 Å². The molecule has 4 heterocycles. The zero-order chi connectivity index (χ0) is 29.5. The van der Waals surface area contributed by atoms with Gasteiger partial charge in [-0.3, -0.25) is 19.5 Å². The minimum Gasteiger partial charge on any atom is -0.332 e. The molecular weight excluding hydrogens is 595 g/mol. The third kappa shape index (κ3) is 7.68. The number of pyridine rings is 2. The SMILES string of the molecule is O=C(Nc1c(Cl)cncc1Cl)C(=O)c1cn(CCCCCCN2CCN(Cc3ccc(Cl)cc3)CC2)c2ncccc12. The van der Waals surface area contributed by atoms with Crippen molar-refractivity contribution in [2.24, 2.45) is 0 Å². The van der Waals surface area contributed by atoms with Crippen molar-refractivity contribution >= 4 is 63.2 Å². The van der Waals surface area contributed by atoms with Gasteiger partial charge in [0, 0.05) is 74.5 Å². The fourth-order valence-electron chi connectivity index (χ4n) is 5.29. The number of hydrogen-bond donors (Lipinski definition) is 1. The molecule has 0 unspecified atom stereocenters. The fraction of sp³-hybridized carbons (Fsp3) is 0.355. The number of amides is 1. The molecular formula is C31H33Cl3N6O2. The second-order valence-electron chi connectivity index (χ2n) is 10.5. The number of unbranched alkanes of at least 4 members (excludes halogenated alkanes) is 3. The molecule has 0 spiro atoms. The molecule has 1 aliphatic rings. The lowest BCUT2D eigenvalue weighted by Crippen LogP contribution is -2.46. The third-order valence-corrected chi connectivity index (χ3v) is 8.41. The lowest BCUT2D eigenvalue weighted by molar-refractivity contribution is -0.112. The number of carbonyl (C=O) groups excluding carboxylic acids is 2. The van der Waals surface area contributed by atoms with Crippen LogP contribution in [0.15, 0.2) is 61.2 Å². The van der Waals surface area contributed by atoms with Crippen LogP contribution in [0, 0.1) is 0 Å². The Morgan fingerprint density at radius 1 is 0.833 bits per heavy atom. The highest BCUT2D eigenvalue weighted by atomic mass is 35.5. The number of piperazine rings is 1. The molecule has 1 aliphatic heterocycles. The summed E-state index contributed by atoms with van der Waals surface area (Å²) in [6.45, 7) is 7.16. The van der Waals surface area contributed by atoms with Gasteiger partial charge in [0.1, 0.15) is 5.65 Å². The molecule has 3 aromatic heterocycles. The number of nitrogens with zero attached hydrogens (tertiary/aromatic N) is 5. The van der Waals surface area contributed by atoms with Crippen molar-refractivity contribution in [3.05, 3.63) is 87.4 Å². The molecule has 0 radical (unpaired) electrons. The van der Waals surface area contributed by atoms with Crippen LogP contribution in [0.5, 0.6) is 0 Å². The van der Waals surface area contributed by atoms with Gasteiger partial charge in [0.25, 0.3) is 11.7 Å². The van der Waals surface area contributed by atoms with E-state index in [1.165, 1.54) is 18.0 Å². The number of halogens is 3. The predicted octanol–water partition coefficient (Wildman–Crippen LogP) is 6.59. The second-order valence-corrected chi connectivity index (χ2v) is 11.8. The average molecular weight is 628 g/mol. The summed E-state index contributed by atoms with van der Waals surface area (Å²) in [7, 11) is 0. The largest absolute Gasteiger partial charge is 0.332 e. The standard InChI is InChI=1S/C31H33Cl3N6O2/c32-23-9-7-22(8-10-23)20-39-16-14-38(15-17-39)12-3-1-2-4-13-40-21-25(24-6-5-11-36-30(24)40)29(41)31(42)37-28-26(33)18-35-19-27(28)34/h5-11,18-19,21H,1-4,12-17,20H2,(H,35,37,42). The van der Waals surface area contributed by atoms with E-state index in [0.717, 1.165) is 70.0 Å². The Balaban J connectivity index is 1.07. The van der Waals surface area contributed by atoms with E-state index in [9.17, 15) is 9.59 Å². The minimum absolute atomic E-state index is 0.157. The highest BCUT2D eigenvalue weighted by Gasteiger charge is 2.24. The highest BCUT2D eigenvalue weighted by Crippen LogP contribution is 2.29. The molecule has 11 heteroatoms. The van der Waals surface area contributed by atoms with Crippen LogP contribution in [0.2, 0.25) is 15.1 Å². The first-order valence-electron chi connectivity index (χ1n) is 14.2. The Bertz CT molecular complexity index is 1510. The van der Waals surface area contributed by atoms with Gasteiger partial charge in [0.15, 0.2) is 0 Å². The van der Waals surface area contributed by atoms with Crippen LogP contribution >= 0.6 is 34.8 Å². The molecule has 4 aromatic rings. The van der Waals surface area contributed by atoms with E-state index in [2.05, 4.69) is 37.2 Å². The Morgan fingerprint density at radius 2 is 1.50 bits per heavy atom. The van der Waals surface area contributed by atoms with Crippen LogP contribution in [0.25, 0.3) is 11.0 Å². The molecule has 8 nitrogen and oxygen atoms in total. The van der Waals surface area contributed by atoms with Crippen molar-refractivity contribution in [1.29, 1.82) is 0 Å². The molecule has 1 saturated heterocycles. The van der Waals surface area contributed by atoms with Gasteiger partial charge in [0.2, 0.25) is 0 Å². The van der Waals surface area contributed by atoms with Crippen molar-refractivity contribution in [2.45, 2.75) is 38.8 Å². The molecule has 42 heavy (non-hydrogen) atoms. The number of anilines is 1. The monoisotopic (exact) mass is 626 g/mol. The average Bonchev–Trinajstić information content (AvgIpc) is 3.37. The molecule has 1 aromatic carbocycles. The van der Waals surface area contributed by atoms with Gasteiger partial charge in [-0.05, 0) is 49.2 Å². The van der Waals surface area contributed by atoms with E-state index in [-0.39, 0.29) is 15.7 Å². The maximum absolute atomic E-state index is 13.1. The Morgan fingerprint density at radius 3 is 2.21 bits per heavy atom. The smallest absolute Gasteiger partial charge is 0.296 e. The number of benzene rings is 1. The normalized spacial score (nSPS) is 14.4. The van der Waals surface area contributed by atoms with Crippen LogP contribution in [0.3, 0.4) is 0 Å². The van der Waals surface area contributed by atoms with E-state index < -0.39 is 11.7 Å². The van der Waals surface area contributed by atoms with E-state index in [4.69, 9.17) is 34.8 Å². The second kappa shape index (κ2) is 14.4. The summed E-state index contributed by atoms with van der Waals surface area (Å²) in [5, 5.41) is 4.26. The first-order valence-corrected chi connectivity index (χ1v) is 15.3. The van der Waals surface area contributed by atoms with Crippen LogP contribution < -0.4 is 5.32 Å². The van der Waals surface area contributed by atoms with Crippen LogP contribution in [0.1, 0.15) is 41.6 Å². The minimum atomic E-state index is -0.821. The molecule has 1 fully saturated rings. The quantitative estimate of drug-likeness (QED) is 0.108. The summed E-state index contributed by atoms with van der Waals surface area (Å²) in [4.78, 5) is 39.3. The van der Waals surface area contributed by atoms with Crippen molar-refractivity contribution in [1.82, 2.24) is 24.3 Å². The molecule has 1 amide bonds. The number of Topliss-reactive ketones (excluding diaryl/α,β-unsaturated/α-hetero) is 1. The van der Waals surface area contributed by atoms with Crippen LogP contribution in [-0.2, 0) is 17.9 Å².